The van der Waals surface area contributed by atoms with Gasteiger partial charge >= 0.3 is 0 Å². The molecule has 39 heavy (non-hydrogen) atoms. The summed E-state index contributed by atoms with van der Waals surface area (Å²) in [5, 5.41) is 13.8. The van der Waals surface area contributed by atoms with E-state index in [1.807, 2.05) is 0 Å². The Morgan fingerprint density at radius 1 is 0.974 bits per heavy atom. The number of benzene rings is 3. The van der Waals surface area contributed by atoms with Gasteiger partial charge in [-0.3, -0.25) is 24.0 Å². The zero-order valence-corrected chi connectivity index (χ0v) is 22.3. The van der Waals surface area contributed by atoms with E-state index in [9.17, 15) is 32.5 Å². The molecule has 10 nitrogen and oxygen atoms in total. The van der Waals surface area contributed by atoms with Crippen molar-refractivity contribution in [3.8, 4) is 0 Å². The largest absolute Gasteiger partial charge is 0.355 e. The van der Waals surface area contributed by atoms with Crippen LogP contribution in [0.1, 0.15) is 25.8 Å². The zero-order valence-electron chi connectivity index (χ0n) is 21.5. The van der Waals surface area contributed by atoms with Gasteiger partial charge in [-0.25, -0.2) is 12.8 Å². The van der Waals surface area contributed by atoms with Crippen LogP contribution < -0.4 is 9.62 Å². The fraction of sp³-hybridized carbons (Fsp3) is 0.259. The van der Waals surface area contributed by atoms with Gasteiger partial charge < -0.3 is 10.2 Å². The Hall–Kier alpha value is -4.32. The molecule has 0 heterocycles. The Balaban J connectivity index is 2.06. The number of rotatable bonds is 12. The Kier molecular flexibility index (Phi) is 9.72. The van der Waals surface area contributed by atoms with Crippen molar-refractivity contribution >= 4 is 33.2 Å². The number of sulfonamides is 1. The van der Waals surface area contributed by atoms with Gasteiger partial charge in [-0.1, -0.05) is 37.3 Å². The number of hydrogen-bond donors (Lipinski definition) is 1. The summed E-state index contributed by atoms with van der Waals surface area (Å²) in [6, 6.07) is 16.7. The summed E-state index contributed by atoms with van der Waals surface area (Å²) < 4.78 is 41.7. The molecule has 2 amide bonds. The van der Waals surface area contributed by atoms with Crippen molar-refractivity contribution in [2.75, 3.05) is 17.4 Å². The van der Waals surface area contributed by atoms with Crippen molar-refractivity contribution in [2.24, 2.45) is 0 Å². The molecule has 0 aliphatic heterocycles. The number of anilines is 1. The second-order valence-electron chi connectivity index (χ2n) is 8.56. The molecule has 0 fully saturated rings. The van der Waals surface area contributed by atoms with E-state index in [0.29, 0.717) is 12.1 Å². The molecular weight excluding hydrogens is 527 g/mol. The maximum atomic E-state index is 13.8. The van der Waals surface area contributed by atoms with Gasteiger partial charge in [0, 0.05) is 25.2 Å². The lowest BCUT2D eigenvalue weighted by Gasteiger charge is -2.33. The van der Waals surface area contributed by atoms with Gasteiger partial charge in [-0.15, -0.1) is 0 Å². The standard InChI is InChI=1S/C27H29FN4O6S/c1-3-25(27(34)29-4-2)30(18-20-10-12-21(28)13-11-20)26(33)19-31(22-14-16-23(17-15-22)32(35)36)39(37,38)24-8-6-5-7-9-24/h5-17,25H,3-4,18-19H2,1-2H3,(H,29,34)/t25-/m1/s1. The summed E-state index contributed by atoms with van der Waals surface area (Å²) in [6.45, 7) is 3.02. The van der Waals surface area contributed by atoms with Crippen LogP contribution in [0, 0.1) is 15.9 Å². The second-order valence-corrected chi connectivity index (χ2v) is 10.4. The molecule has 0 saturated carbocycles. The molecule has 0 unspecified atom stereocenters. The SMILES string of the molecule is CCNC(=O)[C@@H](CC)N(Cc1ccc(F)cc1)C(=O)CN(c1ccc([N+](=O)[O-])cc1)S(=O)(=O)c1ccccc1. The molecule has 3 aromatic rings. The highest BCUT2D eigenvalue weighted by Crippen LogP contribution is 2.26. The molecule has 0 spiro atoms. The van der Waals surface area contributed by atoms with Crippen LogP contribution in [-0.4, -0.2) is 49.2 Å². The van der Waals surface area contributed by atoms with E-state index >= 15 is 0 Å². The smallest absolute Gasteiger partial charge is 0.269 e. The molecule has 0 aliphatic carbocycles. The minimum absolute atomic E-state index is 0.0330. The van der Waals surface area contributed by atoms with Gasteiger partial charge in [0.05, 0.1) is 15.5 Å². The summed E-state index contributed by atoms with van der Waals surface area (Å²) in [4.78, 5) is 38.4. The van der Waals surface area contributed by atoms with Crippen LogP contribution in [0.5, 0.6) is 0 Å². The molecule has 0 saturated heterocycles. The topological polar surface area (TPSA) is 130 Å². The Labute approximate surface area is 226 Å². The van der Waals surface area contributed by atoms with Crippen LogP contribution in [0.4, 0.5) is 15.8 Å². The highest BCUT2D eigenvalue weighted by Gasteiger charge is 2.33. The molecule has 206 valence electrons. The number of nitrogens with one attached hydrogen (secondary N) is 1. The minimum atomic E-state index is -4.29. The van der Waals surface area contributed by atoms with E-state index < -0.39 is 45.2 Å². The molecule has 1 atom stereocenters. The van der Waals surface area contributed by atoms with Crippen LogP contribution in [0.3, 0.4) is 0 Å². The van der Waals surface area contributed by atoms with Crippen molar-refractivity contribution in [3.63, 3.8) is 0 Å². The average Bonchev–Trinajstić information content (AvgIpc) is 2.93. The third-order valence-corrected chi connectivity index (χ3v) is 7.75. The van der Waals surface area contributed by atoms with Crippen molar-refractivity contribution < 1.29 is 27.3 Å². The lowest BCUT2D eigenvalue weighted by molar-refractivity contribution is -0.384. The molecule has 12 heteroatoms. The molecular formula is C27H29FN4O6S. The van der Waals surface area contributed by atoms with E-state index in [0.717, 1.165) is 16.4 Å². The first-order valence-corrected chi connectivity index (χ1v) is 13.7. The number of halogens is 1. The third-order valence-electron chi connectivity index (χ3n) is 5.96. The quantitative estimate of drug-likeness (QED) is 0.266. The fourth-order valence-electron chi connectivity index (χ4n) is 3.99. The van der Waals surface area contributed by atoms with Crippen LogP contribution in [-0.2, 0) is 26.2 Å². The number of hydrogen-bond acceptors (Lipinski definition) is 6. The zero-order chi connectivity index (χ0) is 28.6. The predicted octanol–water partition coefficient (Wildman–Crippen LogP) is 3.87. The summed E-state index contributed by atoms with van der Waals surface area (Å²) in [6.07, 6.45) is 0.238. The summed E-state index contributed by atoms with van der Waals surface area (Å²) >= 11 is 0. The number of non-ortho nitro benzene ring substituents is 1. The fourth-order valence-corrected chi connectivity index (χ4v) is 5.42. The van der Waals surface area contributed by atoms with Crippen LogP contribution in [0.2, 0.25) is 0 Å². The summed E-state index contributed by atoms with van der Waals surface area (Å²) in [5.74, 6) is -1.57. The minimum Gasteiger partial charge on any atom is -0.355 e. The highest BCUT2D eigenvalue weighted by molar-refractivity contribution is 7.92. The van der Waals surface area contributed by atoms with Gasteiger partial charge in [0.15, 0.2) is 0 Å². The first-order chi connectivity index (χ1) is 18.6. The van der Waals surface area contributed by atoms with Crippen LogP contribution in [0.15, 0.2) is 83.8 Å². The number of amides is 2. The number of nitro groups is 1. The molecule has 3 aromatic carbocycles. The van der Waals surface area contributed by atoms with Gasteiger partial charge in [0.2, 0.25) is 11.8 Å². The summed E-state index contributed by atoms with van der Waals surface area (Å²) in [7, 11) is -4.29. The first kappa shape index (κ1) is 29.2. The van der Waals surface area contributed by atoms with Crippen molar-refractivity contribution in [1.82, 2.24) is 10.2 Å². The number of likely N-dealkylation sites (N-methyl/N-ethyl adjacent to an activating group) is 1. The van der Waals surface area contributed by atoms with Crippen LogP contribution >= 0.6 is 0 Å². The normalized spacial score (nSPS) is 11.9. The van der Waals surface area contributed by atoms with E-state index in [1.54, 1.807) is 19.9 Å². The number of nitrogens with zero attached hydrogens (tertiary/aromatic N) is 3. The number of carbonyl (C=O) groups excluding carboxylic acids is 2. The maximum Gasteiger partial charge on any atom is 0.269 e. The van der Waals surface area contributed by atoms with Crippen molar-refractivity contribution in [1.29, 1.82) is 0 Å². The molecule has 0 aliphatic rings. The summed E-state index contributed by atoms with van der Waals surface area (Å²) in [5.41, 5.74) is 0.327. The molecule has 3 rings (SSSR count). The molecule has 0 bridgehead atoms. The van der Waals surface area contributed by atoms with Crippen molar-refractivity contribution in [2.45, 2.75) is 37.8 Å². The lowest BCUT2D eigenvalue weighted by Crippen LogP contribution is -2.52. The van der Waals surface area contributed by atoms with Gasteiger partial charge in [0.25, 0.3) is 15.7 Å². The van der Waals surface area contributed by atoms with Crippen molar-refractivity contribution in [3.05, 3.63) is 100 Å². The average molecular weight is 557 g/mol. The first-order valence-electron chi connectivity index (χ1n) is 12.2. The molecule has 0 aromatic heterocycles. The number of nitro benzene ring substituents is 1. The van der Waals surface area contributed by atoms with Crippen LogP contribution in [0.25, 0.3) is 0 Å². The Morgan fingerprint density at radius 2 is 1.59 bits per heavy atom. The van der Waals surface area contributed by atoms with Gasteiger partial charge in [-0.2, -0.15) is 0 Å². The molecule has 0 radical (unpaired) electrons. The monoisotopic (exact) mass is 556 g/mol. The predicted molar refractivity (Wildman–Crippen MR) is 144 cm³/mol. The third kappa shape index (κ3) is 7.17. The maximum absolute atomic E-state index is 13.8. The van der Waals surface area contributed by atoms with E-state index in [1.165, 1.54) is 65.6 Å². The van der Waals surface area contributed by atoms with Gasteiger partial charge in [-0.05, 0) is 55.3 Å². The number of carbonyl (C=O) groups is 2. The second kappa shape index (κ2) is 13.0. The van der Waals surface area contributed by atoms with E-state index in [-0.39, 0.29) is 29.2 Å². The van der Waals surface area contributed by atoms with E-state index in [2.05, 4.69) is 5.32 Å². The Morgan fingerprint density at radius 3 is 2.13 bits per heavy atom. The highest BCUT2D eigenvalue weighted by atomic mass is 32.2. The molecule has 1 N–H and O–H groups in total. The van der Waals surface area contributed by atoms with E-state index in [4.69, 9.17) is 0 Å². The van der Waals surface area contributed by atoms with Gasteiger partial charge in [0.1, 0.15) is 18.4 Å². The lowest BCUT2D eigenvalue weighted by atomic mass is 10.1. The Bertz CT molecular complexity index is 1400.